The Morgan fingerprint density at radius 3 is 2.51 bits per heavy atom. The summed E-state index contributed by atoms with van der Waals surface area (Å²) >= 11 is 0. The van der Waals surface area contributed by atoms with Gasteiger partial charge in [-0.05, 0) is 25.8 Å². The van der Waals surface area contributed by atoms with Gasteiger partial charge >= 0.3 is 0 Å². The van der Waals surface area contributed by atoms with Crippen molar-refractivity contribution in [2.75, 3.05) is 38.2 Å². The van der Waals surface area contributed by atoms with Crippen LogP contribution < -0.4 is 9.64 Å². The average molecular weight is 497 g/mol. The van der Waals surface area contributed by atoms with E-state index in [1.54, 1.807) is 7.11 Å². The standard InChI is InChI=1S/C29H32N6O2/c1-21-8-6-11-23(18-21)29-32-24(28(33-29)22-9-4-3-5-10-22)12-7-13-27(36)35-16-14-34(15-17-35)25-19-26(37-2)31-20-30-25/h3-6,8-11,18-20H,7,12-17H2,1-2H3,(H,32,33). The summed E-state index contributed by atoms with van der Waals surface area (Å²) in [6, 6.07) is 20.4. The number of ether oxygens (including phenoxy) is 1. The molecule has 0 spiro atoms. The number of hydrogen-bond acceptors (Lipinski definition) is 6. The van der Waals surface area contributed by atoms with Crippen LogP contribution in [-0.4, -0.2) is 64.0 Å². The van der Waals surface area contributed by atoms with E-state index < -0.39 is 0 Å². The van der Waals surface area contributed by atoms with Crippen LogP contribution in [0, 0.1) is 6.92 Å². The number of aryl methyl sites for hydroxylation is 2. The van der Waals surface area contributed by atoms with Crippen molar-refractivity contribution in [2.24, 2.45) is 0 Å². The van der Waals surface area contributed by atoms with Crippen LogP contribution in [0.5, 0.6) is 5.88 Å². The van der Waals surface area contributed by atoms with E-state index in [1.165, 1.54) is 11.9 Å². The molecule has 0 atom stereocenters. The lowest BCUT2D eigenvalue weighted by molar-refractivity contribution is -0.131. The number of rotatable bonds is 8. The van der Waals surface area contributed by atoms with Crippen LogP contribution in [0.15, 0.2) is 67.0 Å². The normalized spacial score (nSPS) is 13.6. The number of aromatic nitrogens is 4. The van der Waals surface area contributed by atoms with E-state index in [0.717, 1.165) is 60.1 Å². The summed E-state index contributed by atoms with van der Waals surface area (Å²) in [7, 11) is 1.60. The number of carbonyl (C=O) groups excluding carboxylic acids is 1. The molecule has 1 fully saturated rings. The van der Waals surface area contributed by atoms with Gasteiger partial charge in [0.05, 0.1) is 12.8 Å². The number of anilines is 1. The minimum atomic E-state index is 0.194. The Bertz CT molecular complexity index is 1350. The quantitative estimate of drug-likeness (QED) is 0.386. The number of H-pyrrole nitrogens is 1. The predicted molar refractivity (Wildman–Crippen MR) is 145 cm³/mol. The Morgan fingerprint density at radius 2 is 1.76 bits per heavy atom. The molecular formula is C29H32N6O2. The van der Waals surface area contributed by atoms with E-state index >= 15 is 0 Å². The van der Waals surface area contributed by atoms with Gasteiger partial charge in [0.15, 0.2) is 0 Å². The van der Waals surface area contributed by atoms with Gasteiger partial charge in [0.1, 0.15) is 18.0 Å². The third-order valence-electron chi connectivity index (χ3n) is 6.73. The van der Waals surface area contributed by atoms with E-state index in [0.29, 0.717) is 25.4 Å². The molecule has 5 rings (SSSR count). The Morgan fingerprint density at radius 1 is 0.973 bits per heavy atom. The summed E-state index contributed by atoms with van der Waals surface area (Å²) in [5, 5.41) is 0. The lowest BCUT2D eigenvalue weighted by atomic mass is 10.1. The zero-order chi connectivity index (χ0) is 25.6. The number of hydrogen-bond donors (Lipinski definition) is 1. The van der Waals surface area contributed by atoms with E-state index in [4.69, 9.17) is 9.72 Å². The summed E-state index contributed by atoms with van der Waals surface area (Å²) in [5.74, 6) is 2.43. The first-order valence-corrected chi connectivity index (χ1v) is 12.7. The highest BCUT2D eigenvalue weighted by Gasteiger charge is 2.22. The third kappa shape index (κ3) is 5.80. The maximum absolute atomic E-state index is 13.0. The molecule has 8 heteroatoms. The molecule has 0 aliphatic carbocycles. The molecule has 1 aliphatic heterocycles. The van der Waals surface area contributed by atoms with Crippen molar-refractivity contribution >= 4 is 11.7 Å². The number of imidazole rings is 1. The Hall–Kier alpha value is -4.20. The summed E-state index contributed by atoms with van der Waals surface area (Å²) in [4.78, 5) is 34.0. The fourth-order valence-corrected chi connectivity index (χ4v) is 4.73. The maximum Gasteiger partial charge on any atom is 0.222 e. The molecule has 1 aliphatic rings. The molecule has 0 bridgehead atoms. The summed E-state index contributed by atoms with van der Waals surface area (Å²) < 4.78 is 5.20. The molecule has 0 saturated carbocycles. The minimum Gasteiger partial charge on any atom is -0.481 e. The molecule has 0 radical (unpaired) electrons. The summed E-state index contributed by atoms with van der Waals surface area (Å²) in [6.45, 7) is 4.93. The van der Waals surface area contributed by atoms with Crippen LogP contribution in [0.4, 0.5) is 5.82 Å². The second kappa shape index (κ2) is 11.2. The summed E-state index contributed by atoms with van der Waals surface area (Å²) in [5.41, 5.74) is 5.37. The van der Waals surface area contributed by atoms with Gasteiger partial charge in [0.25, 0.3) is 0 Å². The molecular weight excluding hydrogens is 464 g/mol. The van der Waals surface area contributed by atoms with Gasteiger partial charge in [-0.3, -0.25) is 4.79 Å². The van der Waals surface area contributed by atoms with Gasteiger partial charge in [0.2, 0.25) is 11.8 Å². The number of benzene rings is 2. The molecule has 3 heterocycles. The molecule has 37 heavy (non-hydrogen) atoms. The number of nitrogens with one attached hydrogen (secondary N) is 1. The SMILES string of the molecule is COc1cc(N2CCN(C(=O)CCCc3[nH]c(-c4cccc(C)c4)nc3-c3ccccc3)CC2)ncn1. The van der Waals surface area contributed by atoms with Crippen LogP contribution in [0.2, 0.25) is 0 Å². The first-order valence-electron chi connectivity index (χ1n) is 12.7. The monoisotopic (exact) mass is 496 g/mol. The Kier molecular flexibility index (Phi) is 7.44. The van der Waals surface area contributed by atoms with Crippen molar-refractivity contribution in [1.29, 1.82) is 0 Å². The highest BCUT2D eigenvalue weighted by molar-refractivity contribution is 5.76. The van der Waals surface area contributed by atoms with Crippen LogP contribution in [-0.2, 0) is 11.2 Å². The molecule has 4 aromatic rings. The first kappa shape index (κ1) is 24.5. The van der Waals surface area contributed by atoms with E-state index in [-0.39, 0.29) is 5.91 Å². The smallest absolute Gasteiger partial charge is 0.222 e. The molecule has 8 nitrogen and oxygen atoms in total. The van der Waals surface area contributed by atoms with Crippen LogP contribution in [0.1, 0.15) is 24.1 Å². The fraction of sp³-hybridized carbons (Fsp3) is 0.310. The second-order valence-electron chi connectivity index (χ2n) is 9.29. The molecule has 1 amide bonds. The predicted octanol–water partition coefficient (Wildman–Crippen LogP) is 4.52. The van der Waals surface area contributed by atoms with Crippen molar-refractivity contribution < 1.29 is 9.53 Å². The molecule has 2 aromatic carbocycles. The largest absolute Gasteiger partial charge is 0.481 e. The lowest BCUT2D eigenvalue weighted by Gasteiger charge is -2.35. The van der Waals surface area contributed by atoms with Crippen molar-refractivity contribution in [3.05, 3.63) is 78.2 Å². The number of methoxy groups -OCH3 is 1. The van der Waals surface area contributed by atoms with E-state index in [1.807, 2.05) is 29.2 Å². The van der Waals surface area contributed by atoms with Gasteiger partial charge in [0, 0.05) is 55.5 Å². The molecule has 190 valence electrons. The van der Waals surface area contributed by atoms with E-state index in [9.17, 15) is 4.79 Å². The van der Waals surface area contributed by atoms with Gasteiger partial charge in [-0.1, -0.05) is 54.1 Å². The van der Waals surface area contributed by atoms with E-state index in [2.05, 4.69) is 63.2 Å². The number of piperazine rings is 1. The molecule has 1 N–H and O–H groups in total. The molecule has 2 aromatic heterocycles. The lowest BCUT2D eigenvalue weighted by Crippen LogP contribution is -2.49. The number of amides is 1. The van der Waals surface area contributed by atoms with Crippen LogP contribution in [0.3, 0.4) is 0 Å². The van der Waals surface area contributed by atoms with Gasteiger partial charge in [-0.15, -0.1) is 0 Å². The van der Waals surface area contributed by atoms with Crippen molar-refractivity contribution in [3.63, 3.8) is 0 Å². The maximum atomic E-state index is 13.0. The highest BCUT2D eigenvalue weighted by atomic mass is 16.5. The number of nitrogens with zero attached hydrogens (tertiary/aromatic N) is 5. The highest BCUT2D eigenvalue weighted by Crippen LogP contribution is 2.28. The average Bonchev–Trinajstić information content (AvgIpc) is 3.38. The van der Waals surface area contributed by atoms with Crippen molar-refractivity contribution in [3.8, 4) is 28.5 Å². The zero-order valence-corrected chi connectivity index (χ0v) is 21.4. The molecule has 0 unspecified atom stereocenters. The van der Waals surface area contributed by atoms with Crippen molar-refractivity contribution in [2.45, 2.75) is 26.2 Å². The summed E-state index contributed by atoms with van der Waals surface area (Å²) in [6.07, 6.45) is 3.54. The zero-order valence-electron chi connectivity index (χ0n) is 21.4. The van der Waals surface area contributed by atoms with Crippen LogP contribution in [0.25, 0.3) is 22.6 Å². The second-order valence-corrected chi connectivity index (χ2v) is 9.29. The third-order valence-corrected chi connectivity index (χ3v) is 6.73. The number of carbonyl (C=O) groups is 1. The topological polar surface area (TPSA) is 87.2 Å². The van der Waals surface area contributed by atoms with Gasteiger partial charge in [-0.2, -0.15) is 0 Å². The van der Waals surface area contributed by atoms with Gasteiger partial charge in [-0.25, -0.2) is 15.0 Å². The Labute approximate surface area is 217 Å². The minimum absolute atomic E-state index is 0.194. The number of aromatic amines is 1. The van der Waals surface area contributed by atoms with Crippen LogP contribution >= 0.6 is 0 Å². The first-order chi connectivity index (χ1) is 18.1. The molecule has 1 saturated heterocycles. The van der Waals surface area contributed by atoms with Gasteiger partial charge < -0.3 is 19.5 Å². The Balaban J connectivity index is 1.21. The van der Waals surface area contributed by atoms with Crippen molar-refractivity contribution in [1.82, 2.24) is 24.8 Å². The fourth-order valence-electron chi connectivity index (χ4n) is 4.73.